The summed E-state index contributed by atoms with van der Waals surface area (Å²) in [5.74, 6) is 2.60. The van der Waals surface area contributed by atoms with Gasteiger partial charge in [0.1, 0.15) is 0 Å². The summed E-state index contributed by atoms with van der Waals surface area (Å²) < 4.78 is 11.1. The van der Waals surface area contributed by atoms with E-state index >= 15 is 0 Å². The van der Waals surface area contributed by atoms with E-state index in [2.05, 4.69) is 34.6 Å². The monoisotopic (exact) mass is 394 g/mol. The van der Waals surface area contributed by atoms with Crippen LogP contribution in [0.4, 0.5) is 0 Å². The van der Waals surface area contributed by atoms with Crippen molar-refractivity contribution < 1.29 is 19.1 Å². The predicted octanol–water partition coefficient (Wildman–Crippen LogP) is 5.63. The Labute approximate surface area is 172 Å². The van der Waals surface area contributed by atoms with Crippen LogP contribution in [0.5, 0.6) is 0 Å². The Bertz CT molecular complexity index is 459. The molecule has 6 unspecified atom stereocenters. The molecule has 0 aromatic rings. The van der Waals surface area contributed by atoms with E-state index in [0.29, 0.717) is 42.8 Å². The fraction of sp³-hybridized carbons (Fsp3) is 0.917. The lowest BCUT2D eigenvalue weighted by Gasteiger charge is -2.31. The number of esters is 2. The summed E-state index contributed by atoms with van der Waals surface area (Å²) in [7, 11) is 0. The first-order valence-electron chi connectivity index (χ1n) is 11.6. The molecule has 28 heavy (non-hydrogen) atoms. The van der Waals surface area contributed by atoms with Gasteiger partial charge >= 0.3 is 11.9 Å². The largest absolute Gasteiger partial charge is 0.465 e. The molecule has 2 rings (SSSR count). The summed E-state index contributed by atoms with van der Waals surface area (Å²) >= 11 is 0. The average Bonchev–Trinajstić information content (AvgIpc) is 2.65. The minimum Gasteiger partial charge on any atom is -0.465 e. The molecule has 0 saturated heterocycles. The fourth-order valence-electron chi connectivity index (χ4n) is 4.80. The van der Waals surface area contributed by atoms with Gasteiger partial charge in [0.2, 0.25) is 0 Å². The van der Waals surface area contributed by atoms with Gasteiger partial charge in [0, 0.05) is 0 Å². The molecule has 0 heterocycles. The van der Waals surface area contributed by atoms with Gasteiger partial charge in [-0.25, -0.2) is 0 Å². The molecule has 0 aromatic carbocycles. The number of hydrogen-bond acceptors (Lipinski definition) is 4. The van der Waals surface area contributed by atoms with Crippen LogP contribution in [0.3, 0.4) is 0 Å². The molecule has 0 aliphatic heterocycles. The number of rotatable bonds is 8. The minimum atomic E-state index is -0.0157. The second kappa shape index (κ2) is 11.2. The molecule has 0 bridgehead atoms. The lowest BCUT2D eigenvalue weighted by atomic mass is 9.75. The maximum absolute atomic E-state index is 12.4. The van der Waals surface area contributed by atoms with Gasteiger partial charge in [0.15, 0.2) is 0 Å². The van der Waals surface area contributed by atoms with Crippen LogP contribution in [0.25, 0.3) is 0 Å². The predicted molar refractivity (Wildman–Crippen MR) is 112 cm³/mol. The molecule has 4 nitrogen and oxygen atoms in total. The Kier molecular flexibility index (Phi) is 9.30. The molecule has 0 aromatic heterocycles. The third-order valence-corrected chi connectivity index (χ3v) is 7.23. The first kappa shape index (κ1) is 23.2. The van der Waals surface area contributed by atoms with Crippen LogP contribution in [0.2, 0.25) is 0 Å². The summed E-state index contributed by atoms with van der Waals surface area (Å²) in [6.45, 7) is 11.9. The van der Waals surface area contributed by atoms with E-state index in [0.717, 1.165) is 38.5 Å². The Balaban J connectivity index is 1.60. The summed E-state index contributed by atoms with van der Waals surface area (Å²) in [6.07, 6.45) is 8.28. The van der Waals surface area contributed by atoms with Crippen molar-refractivity contribution in [2.24, 2.45) is 41.4 Å². The first-order valence-corrected chi connectivity index (χ1v) is 11.6. The van der Waals surface area contributed by atoms with Crippen molar-refractivity contribution in [3.8, 4) is 0 Å². The van der Waals surface area contributed by atoms with Gasteiger partial charge in [-0.05, 0) is 68.1 Å². The highest BCUT2D eigenvalue weighted by Crippen LogP contribution is 2.35. The molecule has 4 heteroatoms. The van der Waals surface area contributed by atoms with Crippen LogP contribution in [-0.2, 0) is 19.1 Å². The Hall–Kier alpha value is -1.06. The average molecular weight is 395 g/mol. The van der Waals surface area contributed by atoms with Crippen molar-refractivity contribution in [1.29, 1.82) is 0 Å². The molecule has 2 fully saturated rings. The standard InChI is InChI=1S/C24H42O4/c1-16(10-12-27-23(25)21-14-17(2)6-8-19(21)4)11-13-28-24(26)22-15-18(3)7-9-20(22)5/h16-22H,6-15H2,1-5H3. The van der Waals surface area contributed by atoms with Crippen LogP contribution in [0.15, 0.2) is 0 Å². The van der Waals surface area contributed by atoms with Gasteiger partial charge in [0.05, 0.1) is 25.0 Å². The maximum Gasteiger partial charge on any atom is 0.309 e. The minimum absolute atomic E-state index is 0.0157. The van der Waals surface area contributed by atoms with Crippen LogP contribution < -0.4 is 0 Å². The number of carbonyl (C=O) groups excluding carboxylic acids is 2. The summed E-state index contributed by atoms with van der Waals surface area (Å²) in [4.78, 5) is 24.8. The molecule has 6 atom stereocenters. The quantitative estimate of drug-likeness (QED) is 0.500. The zero-order valence-electron chi connectivity index (χ0n) is 18.7. The van der Waals surface area contributed by atoms with Crippen LogP contribution >= 0.6 is 0 Å². The summed E-state index contributed by atoms with van der Waals surface area (Å²) in [5.41, 5.74) is 0. The van der Waals surface area contributed by atoms with Crippen molar-refractivity contribution in [2.75, 3.05) is 13.2 Å². The van der Waals surface area contributed by atoms with Crippen LogP contribution in [0.1, 0.15) is 86.0 Å². The van der Waals surface area contributed by atoms with E-state index in [9.17, 15) is 9.59 Å². The number of carbonyl (C=O) groups is 2. The maximum atomic E-state index is 12.4. The summed E-state index contributed by atoms with van der Waals surface area (Å²) in [6, 6.07) is 0. The van der Waals surface area contributed by atoms with E-state index in [-0.39, 0.29) is 23.8 Å². The highest BCUT2D eigenvalue weighted by atomic mass is 16.5. The zero-order valence-corrected chi connectivity index (χ0v) is 18.7. The van der Waals surface area contributed by atoms with Crippen LogP contribution in [0, 0.1) is 41.4 Å². The molecule has 0 N–H and O–H groups in total. The SMILES string of the molecule is CC(CCOC(=O)C1CC(C)CCC1C)CCOC(=O)C1CC(C)CCC1C. The van der Waals surface area contributed by atoms with E-state index in [1.54, 1.807) is 0 Å². The molecule has 2 aliphatic carbocycles. The van der Waals surface area contributed by atoms with Gasteiger partial charge in [-0.3, -0.25) is 9.59 Å². The van der Waals surface area contributed by atoms with E-state index in [1.807, 2.05) is 0 Å². The smallest absolute Gasteiger partial charge is 0.309 e. The van der Waals surface area contributed by atoms with E-state index < -0.39 is 0 Å². The molecule has 162 valence electrons. The highest BCUT2D eigenvalue weighted by molar-refractivity contribution is 5.73. The van der Waals surface area contributed by atoms with Gasteiger partial charge in [-0.2, -0.15) is 0 Å². The van der Waals surface area contributed by atoms with Crippen LogP contribution in [-0.4, -0.2) is 25.2 Å². The summed E-state index contributed by atoms with van der Waals surface area (Å²) in [5, 5.41) is 0. The third-order valence-electron chi connectivity index (χ3n) is 7.23. The molecule has 0 radical (unpaired) electrons. The van der Waals surface area contributed by atoms with E-state index in [1.165, 1.54) is 12.8 Å². The van der Waals surface area contributed by atoms with Gasteiger partial charge in [-0.15, -0.1) is 0 Å². The Morgan fingerprint density at radius 3 is 1.54 bits per heavy atom. The zero-order chi connectivity index (χ0) is 20.7. The molecular formula is C24H42O4. The molecule has 0 amide bonds. The first-order chi connectivity index (χ1) is 13.3. The molecular weight excluding hydrogens is 352 g/mol. The second-order valence-electron chi connectivity index (χ2n) is 10.0. The van der Waals surface area contributed by atoms with Crippen molar-refractivity contribution in [3.05, 3.63) is 0 Å². The van der Waals surface area contributed by atoms with Crippen molar-refractivity contribution in [3.63, 3.8) is 0 Å². The topological polar surface area (TPSA) is 52.6 Å². The second-order valence-corrected chi connectivity index (χ2v) is 10.0. The van der Waals surface area contributed by atoms with Gasteiger partial charge in [0.25, 0.3) is 0 Å². The van der Waals surface area contributed by atoms with Crippen molar-refractivity contribution >= 4 is 11.9 Å². The fourth-order valence-corrected chi connectivity index (χ4v) is 4.80. The number of hydrogen-bond donors (Lipinski definition) is 0. The number of ether oxygens (including phenoxy) is 2. The lowest BCUT2D eigenvalue weighted by molar-refractivity contribution is -0.152. The lowest BCUT2D eigenvalue weighted by Crippen LogP contribution is -2.31. The van der Waals surface area contributed by atoms with Gasteiger partial charge < -0.3 is 9.47 Å². The molecule has 0 spiro atoms. The van der Waals surface area contributed by atoms with Crippen molar-refractivity contribution in [1.82, 2.24) is 0 Å². The Morgan fingerprint density at radius 1 is 0.750 bits per heavy atom. The molecule has 2 aliphatic rings. The third kappa shape index (κ3) is 7.08. The normalized spacial score (nSPS) is 34.5. The highest BCUT2D eigenvalue weighted by Gasteiger charge is 2.33. The van der Waals surface area contributed by atoms with Gasteiger partial charge in [-0.1, -0.05) is 47.5 Å². The Morgan fingerprint density at radius 2 is 1.14 bits per heavy atom. The van der Waals surface area contributed by atoms with E-state index in [4.69, 9.17) is 9.47 Å². The molecule has 2 saturated carbocycles. The van der Waals surface area contributed by atoms with Crippen molar-refractivity contribution in [2.45, 2.75) is 86.0 Å².